The molecule has 1 rings (SSSR count). The third-order valence-electron chi connectivity index (χ3n) is 1.79. The molecular formula is C9H11F2N. The largest absolute Gasteiger partial charge is 0.327 e. The fourth-order valence-electron chi connectivity index (χ4n) is 1.08. The second kappa shape index (κ2) is 3.63. The van der Waals surface area contributed by atoms with Crippen molar-refractivity contribution in [1.29, 1.82) is 0 Å². The summed E-state index contributed by atoms with van der Waals surface area (Å²) in [6.45, 7) is 1.63. The molecule has 1 nitrogen and oxygen atoms in total. The van der Waals surface area contributed by atoms with E-state index in [0.29, 0.717) is 5.56 Å². The molecule has 1 aromatic rings. The first kappa shape index (κ1) is 9.13. The predicted molar refractivity (Wildman–Crippen MR) is 44.0 cm³/mol. The number of alkyl halides is 1. The Bertz CT molecular complexity index is 273. The fourth-order valence-corrected chi connectivity index (χ4v) is 1.08. The van der Waals surface area contributed by atoms with Gasteiger partial charge in [0.1, 0.15) is 12.0 Å². The van der Waals surface area contributed by atoms with Crippen molar-refractivity contribution in [1.82, 2.24) is 0 Å². The number of halogens is 2. The fraction of sp³-hybridized carbons (Fsp3) is 0.333. The van der Waals surface area contributed by atoms with Gasteiger partial charge in [-0.15, -0.1) is 0 Å². The van der Waals surface area contributed by atoms with E-state index in [9.17, 15) is 8.78 Å². The first-order chi connectivity index (χ1) is 5.65. The van der Waals surface area contributed by atoms with E-state index in [1.807, 2.05) is 0 Å². The highest BCUT2D eigenvalue weighted by Crippen LogP contribution is 2.20. The summed E-state index contributed by atoms with van der Waals surface area (Å²) >= 11 is 0. The summed E-state index contributed by atoms with van der Waals surface area (Å²) in [4.78, 5) is 0. The number of hydrogen-bond donors (Lipinski definition) is 1. The molecule has 1 aromatic carbocycles. The van der Waals surface area contributed by atoms with E-state index in [-0.39, 0.29) is 6.54 Å². The molecule has 0 bridgehead atoms. The summed E-state index contributed by atoms with van der Waals surface area (Å²) in [7, 11) is 0. The Balaban J connectivity index is 3.04. The van der Waals surface area contributed by atoms with E-state index in [1.165, 1.54) is 12.1 Å². The highest BCUT2D eigenvalue weighted by molar-refractivity contribution is 5.28. The van der Waals surface area contributed by atoms with Gasteiger partial charge in [-0.25, -0.2) is 8.78 Å². The summed E-state index contributed by atoms with van der Waals surface area (Å²) in [5.74, 6) is -0.424. The van der Waals surface area contributed by atoms with E-state index in [4.69, 9.17) is 5.73 Å². The minimum Gasteiger partial charge on any atom is -0.327 e. The predicted octanol–water partition coefficient (Wildman–Crippen LogP) is 2.10. The Morgan fingerprint density at radius 3 is 2.75 bits per heavy atom. The average Bonchev–Trinajstić information content (AvgIpc) is 2.08. The smallest absolute Gasteiger partial charge is 0.138 e. The van der Waals surface area contributed by atoms with Crippen molar-refractivity contribution in [2.45, 2.75) is 13.1 Å². The number of rotatable bonds is 2. The molecule has 2 N–H and O–H groups in total. The van der Waals surface area contributed by atoms with Gasteiger partial charge in [-0.3, -0.25) is 0 Å². The maximum Gasteiger partial charge on any atom is 0.138 e. The van der Waals surface area contributed by atoms with Gasteiger partial charge in [0.25, 0.3) is 0 Å². The van der Waals surface area contributed by atoms with Crippen LogP contribution in [0.4, 0.5) is 8.78 Å². The molecule has 0 spiro atoms. The Kier molecular flexibility index (Phi) is 2.76. The number of hydrogen-bond acceptors (Lipinski definition) is 1. The molecule has 0 aliphatic carbocycles. The molecule has 0 aliphatic rings. The van der Waals surface area contributed by atoms with Gasteiger partial charge in [0.05, 0.1) is 0 Å². The molecule has 0 saturated carbocycles. The van der Waals surface area contributed by atoms with Gasteiger partial charge in [-0.05, 0) is 30.2 Å². The van der Waals surface area contributed by atoms with Crippen LogP contribution >= 0.6 is 0 Å². The lowest BCUT2D eigenvalue weighted by Gasteiger charge is -2.08. The van der Waals surface area contributed by atoms with Crippen molar-refractivity contribution in [2.24, 2.45) is 5.73 Å². The highest BCUT2D eigenvalue weighted by Gasteiger charge is 2.10. The van der Waals surface area contributed by atoms with Crippen LogP contribution in [0.1, 0.15) is 17.3 Å². The van der Waals surface area contributed by atoms with E-state index < -0.39 is 12.0 Å². The molecular weight excluding hydrogens is 160 g/mol. The van der Waals surface area contributed by atoms with Crippen LogP contribution in [0.3, 0.4) is 0 Å². The lowest BCUT2D eigenvalue weighted by molar-refractivity contribution is 0.350. The molecule has 0 radical (unpaired) electrons. The van der Waals surface area contributed by atoms with Crippen LogP contribution in [-0.2, 0) is 0 Å². The van der Waals surface area contributed by atoms with E-state index in [2.05, 4.69) is 0 Å². The van der Waals surface area contributed by atoms with Gasteiger partial charge in [0, 0.05) is 6.54 Å². The van der Waals surface area contributed by atoms with Crippen LogP contribution in [-0.4, -0.2) is 6.54 Å². The summed E-state index contributed by atoms with van der Waals surface area (Å²) in [5, 5.41) is 0. The summed E-state index contributed by atoms with van der Waals surface area (Å²) in [6.07, 6.45) is -1.26. The maximum absolute atomic E-state index is 13.0. The monoisotopic (exact) mass is 171 g/mol. The van der Waals surface area contributed by atoms with Crippen LogP contribution in [0.2, 0.25) is 0 Å². The average molecular weight is 171 g/mol. The lowest BCUT2D eigenvalue weighted by atomic mass is 10.0. The topological polar surface area (TPSA) is 26.0 Å². The Morgan fingerprint density at radius 2 is 2.17 bits per heavy atom. The molecule has 1 atom stereocenters. The quantitative estimate of drug-likeness (QED) is 0.724. The Labute approximate surface area is 70.2 Å². The third kappa shape index (κ3) is 1.80. The minimum absolute atomic E-state index is 0.107. The van der Waals surface area contributed by atoms with Crippen molar-refractivity contribution in [3.8, 4) is 0 Å². The first-order valence-corrected chi connectivity index (χ1v) is 3.75. The first-order valence-electron chi connectivity index (χ1n) is 3.75. The summed E-state index contributed by atoms with van der Waals surface area (Å²) in [5.41, 5.74) is 6.20. The van der Waals surface area contributed by atoms with Crippen LogP contribution in [0, 0.1) is 12.7 Å². The van der Waals surface area contributed by atoms with Gasteiger partial charge < -0.3 is 5.73 Å². The number of nitrogens with two attached hydrogens (primary N) is 1. The lowest BCUT2D eigenvalue weighted by Crippen LogP contribution is -2.09. The molecule has 0 aromatic heterocycles. The van der Waals surface area contributed by atoms with Gasteiger partial charge in [-0.1, -0.05) is 6.07 Å². The maximum atomic E-state index is 13.0. The Morgan fingerprint density at radius 1 is 1.50 bits per heavy atom. The van der Waals surface area contributed by atoms with Crippen molar-refractivity contribution >= 4 is 0 Å². The SMILES string of the molecule is Cc1ccc(F)cc1C(F)CN. The van der Waals surface area contributed by atoms with Gasteiger partial charge >= 0.3 is 0 Å². The molecule has 3 heteroatoms. The van der Waals surface area contributed by atoms with Gasteiger partial charge in [-0.2, -0.15) is 0 Å². The van der Waals surface area contributed by atoms with Crippen LogP contribution in [0.25, 0.3) is 0 Å². The zero-order valence-electron chi connectivity index (χ0n) is 6.85. The standard InChI is InChI=1S/C9H11F2N/c1-6-2-3-7(10)4-8(6)9(11)5-12/h2-4,9H,5,12H2,1H3. The molecule has 0 heterocycles. The molecule has 66 valence electrons. The van der Waals surface area contributed by atoms with E-state index in [1.54, 1.807) is 13.0 Å². The zero-order chi connectivity index (χ0) is 9.14. The summed E-state index contributed by atoms with van der Waals surface area (Å²) in [6, 6.07) is 4.04. The number of aryl methyl sites for hydroxylation is 1. The van der Waals surface area contributed by atoms with Crippen LogP contribution < -0.4 is 5.73 Å². The number of benzene rings is 1. The molecule has 0 fully saturated rings. The highest BCUT2D eigenvalue weighted by atomic mass is 19.1. The van der Waals surface area contributed by atoms with Crippen molar-refractivity contribution in [3.05, 3.63) is 35.1 Å². The van der Waals surface area contributed by atoms with Crippen LogP contribution in [0.15, 0.2) is 18.2 Å². The molecule has 12 heavy (non-hydrogen) atoms. The van der Waals surface area contributed by atoms with Crippen molar-refractivity contribution < 1.29 is 8.78 Å². The molecule has 1 unspecified atom stereocenters. The van der Waals surface area contributed by atoms with Crippen molar-refractivity contribution in [3.63, 3.8) is 0 Å². The van der Waals surface area contributed by atoms with Gasteiger partial charge in [0.2, 0.25) is 0 Å². The Hall–Kier alpha value is -0.960. The molecule has 0 amide bonds. The third-order valence-corrected chi connectivity index (χ3v) is 1.79. The normalized spacial score (nSPS) is 13.0. The molecule has 0 saturated heterocycles. The van der Waals surface area contributed by atoms with Crippen LogP contribution in [0.5, 0.6) is 0 Å². The van der Waals surface area contributed by atoms with E-state index in [0.717, 1.165) is 5.56 Å². The molecule has 0 aliphatic heterocycles. The van der Waals surface area contributed by atoms with E-state index >= 15 is 0 Å². The second-order valence-corrected chi connectivity index (χ2v) is 2.70. The summed E-state index contributed by atoms with van der Waals surface area (Å²) < 4.78 is 25.6. The minimum atomic E-state index is -1.26. The second-order valence-electron chi connectivity index (χ2n) is 2.70. The van der Waals surface area contributed by atoms with Crippen molar-refractivity contribution in [2.75, 3.05) is 6.54 Å². The van der Waals surface area contributed by atoms with Gasteiger partial charge in [0.15, 0.2) is 0 Å². The zero-order valence-corrected chi connectivity index (χ0v) is 6.85.